The Balaban J connectivity index is 0.00000112. The molecule has 0 bridgehead atoms. The van der Waals surface area contributed by atoms with Gasteiger partial charge in [-0.3, -0.25) is 4.99 Å². The molecule has 1 aliphatic heterocycles. The summed E-state index contributed by atoms with van der Waals surface area (Å²) in [6, 6.07) is 0. The largest absolute Gasteiger partial charge is 0.356 e. The molecule has 1 aromatic heterocycles. The molecule has 0 fully saturated rings. The van der Waals surface area contributed by atoms with Crippen molar-refractivity contribution in [1.82, 2.24) is 10.3 Å². The molecule has 1 aromatic rings. The van der Waals surface area contributed by atoms with Gasteiger partial charge in [0.25, 0.3) is 0 Å². The Morgan fingerprint density at radius 3 is 3.07 bits per heavy atom. The van der Waals surface area contributed by atoms with E-state index >= 15 is 0 Å². The first-order chi connectivity index (χ1) is 6.88. The zero-order chi connectivity index (χ0) is 9.80. The maximum absolute atomic E-state index is 5.65. The van der Waals surface area contributed by atoms with Gasteiger partial charge < -0.3 is 10.6 Å². The van der Waals surface area contributed by atoms with E-state index in [-0.39, 0.29) is 12.4 Å². The summed E-state index contributed by atoms with van der Waals surface area (Å²) < 4.78 is 0. The summed E-state index contributed by atoms with van der Waals surface area (Å²) >= 11 is 7.19. The maximum atomic E-state index is 5.65. The average Bonchev–Trinajstić information content (AvgIpc) is 2.67. The molecule has 0 amide bonds. The lowest BCUT2D eigenvalue weighted by Gasteiger charge is -2.13. The molecule has 7 heteroatoms. The van der Waals surface area contributed by atoms with Crippen molar-refractivity contribution in [3.05, 3.63) is 11.1 Å². The van der Waals surface area contributed by atoms with Crippen LogP contribution in [0.15, 0.2) is 10.4 Å². The number of aliphatic imine (C=N–C) groups is 1. The maximum Gasteiger partial charge on any atom is 0.197 e. The second kappa shape index (κ2) is 6.15. The zero-order valence-corrected chi connectivity index (χ0v) is 10.4. The van der Waals surface area contributed by atoms with E-state index in [1.807, 2.05) is 5.38 Å². The molecule has 0 radical (unpaired) electrons. The molecule has 0 saturated heterocycles. The van der Waals surface area contributed by atoms with Gasteiger partial charge in [0.2, 0.25) is 0 Å². The number of hydrogen-bond acceptors (Lipinski definition) is 5. The van der Waals surface area contributed by atoms with E-state index in [1.165, 1.54) is 0 Å². The van der Waals surface area contributed by atoms with Gasteiger partial charge in [-0.2, -0.15) is 0 Å². The van der Waals surface area contributed by atoms with Gasteiger partial charge in [-0.15, -0.1) is 35.3 Å². The van der Waals surface area contributed by atoms with Gasteiger partial charge in [0, 0.05) is 18.5 Å². The van der Waals surface area contributed by atoms with Gasteiger partial charge >= 0.3 is 0 Å². The van der Waals surface area contributed by atoms with Crippen LogP contribution >= 0.6 is 35.3 Å². The fraction of sp³-hybridized carbons (Fsp3) is 0.500. The van der Waals surface area contributed by atoms with Crippen molar-refractivity contribution >= 4 is 46.4 Å². The molecule has 0 saturated carbocycles. The summed E-state index contributed by atoms with van der Waals surface area (Å²) in [5.41, 5.74) is 0.899. The molecular weight excluding hydrogens is 255 g/mol. The molecule has 2 N–H and O–H groups in total. The number of hydrogen-bond donors (Lipinski definition) is 2. The molecule has 1 aliphatic rings. The van der Waals surface area contributed by atoms with Crippen LogP contribution < -0.4 is 10.6 Å². The van der Waals surface area contributed by atoms with Gasteiger partial charge in [-0.05, 0) is 6.42 Å². The third-order valence-electron chi connectivity index (χ3n) is 1.81. The Morgan fingerprint density at radius 2 is 2.47 bits per heavy atom. The summed E-state index contributed by atoms with van der Waals surface area (Å²) in [5.74, 6) is 1.27. The van der Waals surface area contributed by atoms with Crippen LogP contribution in [0.5, 0.6) is 0 Å². The first-order valence-electron chi connectivity index (χ1n) is 4.44. The number of halogens is 2. The topological polar surface area (TPSA) is 49.3 Å². The second-order valence-electron chi connectivity index (χ2n) is 2.91. The smallest absolute Gasteiger partial charge is 0.197 e. The van der Waals surface area contributed by atoms with Crippen LogP contribution in [0.25, 0.3) is 0 Å². The summed E-state index contributed by atoms with van der Waals surface area (Å²) in [5, 5.41) is 9.08. The Hall–Kier alpha value is -0.520. The van der Waals surface area contributed by atoms with Crippen LogP contribution in [-0.4, -0.2) is 24.0 Å². The average molecular weight is 267 g/mol. The standard InChI is InChI=1S/C8H11ClN4S.ClH/c9-4-6-5-14-8(12-6)13-7-10-2-1-3-11-7;/h5H,1-4H2,(H2,10,11,12,13);1H. The number of thiazole rings is 1. The second-order valence-corrected chi connectivity index (χ2v) is 4.04. The minimum absolute atomic E-state index is 0. The lowest BCUT2D eigenvalue weighted by atomic mass is 10.4. The quantitative estimate of drug-likeness (QED) is 0.806. The number of guanidine groups is 1. The molecule has 0 unspecified atom stereocenters. The van der Waals surface area contributed by atoms with Crippen molar-refractivity contribution in [3.8, 4) is 0 Å². The highest BCUT2D eigenvalue weighted by atomic mass is 35.5. The van der Waals surface area contributed by atoms with Crippen molar-refractivity contribution in [2.24, 2.45) is 4.99 Å². The normalized spacial score (nSPS) is 14.9. The highest BCUT2D eigenvalue weighted by Gasteiger charge is 2.06. The first-order valence-corrected chi connectivity index (χ1v) is 5.85. The van der Waals surface area contributed by atoms with Crippen LogP contribution in [0.3, 0.4) is 0 Å². The van der Waals surface area contributed by atoms with E-state index in [4.69, 9.17) is 11.6 Å². The van der Waals surface area contributed by atoms with Crippen LogP contribution in [-0.2, 0) is 5.88 Å². The number of nitrogens with one attached hydrogen (secondary N) is 2. The summed E-state index contributed by atoms with van der Waals surface area (Å²) in [7, 11) is 0. The fourth-order valence-electron chi connectivity index (χ4n) is 1.14. The Bertz CT molecular complexity index is 339. The molecule has 0 atom stereocenters. The van der Waals surface area contributed by atoms with Gasteiger partial charge in [0.1, 0.15) is 0 Å². The van der Waals surface area contributed by atoms with E-state index in [1.54, 1.807) is 11.3 Å². The molecular formula is C8H12Cl2N4S. The first kappa shape index (κ1) is 12.5. The number of alkyl halides is 1. The van der Waals surface area contributed by atoms with Gasteiger partial charge in [0.15, 0.2) is 11.1 Å². The third-order valence-corrected chi connectivity index (χ3v) is 2.89. The predicted octanol–water partition coefficient (Wildman–Crippen LogP) is 2.06. The molecule has 4 nitrogen and oxygen atoms in total. The predicted molar refractivity (Wildman–Crippen MR) is 67.5 cm³/mol. The number of aromatic nitrogens is 1. The van der Waals surface area contributed by atoms with Crippen LogP contribution in [0, 0.1) is 0 Å². The van der Waals surface area contributed by atoms with Gasteiger partial charge in [0.05, 0.1) is 11.6 Å². The fourth-order valence-corrected chi connectivity index (χ4v) is 2.08. The minimum atomic E-state index is 0. The summed E-state index contributed by atoms with van der Waals surface area (Å²) in [6.45, 7) is 1.85. The SMILES string of the molecule is Cl.ClCc1csc(NC2=NCCCN2)n1. The summed E-state index contributed by atoms with van der Waals surface area (Å²) in [4.78, 5) is 8.57. The third kappa shape index (κ3) is 3.52. The highest BCUT2D eigenvalue weighted by molar-refractivity contribution is 7.14. The van der Waals surface area contributed by atoms with Crippen molar-refractivity contribution in [2.45, 2.75) is 12.3 Å². The Labute approximate surface area is 104 Å². The molecule has 15 heavy (non-hydrogen) atoms. The van der Waals surface area contributed by atoms with E-state index in [0.29, 0.717) is 5.88 Å². The van der Waals surface area contributed by atoms with Crippen molar-refractivity contribution in [3.63, 3.8) is 0 Å². The lowest BCUT2D eigenvalue weighted by molar-refractivity contribution is 0.740. The zero-order valence-electron chi connectivity index (χ0n) is 7.99. The molecule has 0 aliphatic carbocycles. The molecule has 84 valence electrons. The van der Waals surface area contributed by atoms with Crippen LogP contribution in [0.2, 0.25) is 0 Å². The van der Waals surface area contributed by atoms with Crippen molar-refractivity contribution in [1.29, 1.82) is 0 Å². The van der Waals surface area contributed by atoms with Crippen molar-refractivity contribution in [2.75, 3.05) is 18.4 Å². The summed E-state index contributed by atoms with van der Waals surface area (Å²) in [6.07, 6.45) is 1.09. The Morgan fingerprint density at radius 1 is 1.60 bits per heavy atom. The van der Waals surface area contributed by atoms with E-state index < -0.39 is 0 Å². The van der Waals surface area contributed by atoms with Crippen molar-refractivity contribution < 1.29 is 0 Å². The Kier molecular flexibility index (Phi) is 5.14. The number of anilines is 1. The van der Waals surface area contributed by atoms with Gasteiger partial charge in [-0.1, -0.05) is 0 Å². The highest BCUT2D eigenvalue weighted by Crippen LogP contribution is 2.16. The van der Waals surface area contributed by atoms with Gasteiger partial charge in [-0.25, -0.2) is 4.98 Å². The molecule has 0 aromatic carbocycles. The van der Waals surface area contributed by atoms with E-state index in [0.717, 1.165) is 36.3 Å². The van der Waals surface area contributed by atoms with Crippen LogP contribution in [0.4, 0.5) is 5.13 Å². The monoisotopic (exact) mass is 266 g/mol. The molecule has 2 rings (SSSR count). The van der Waals surface area contributed by atoms with E-state index in [2.05, 4.69) is 20.6 Å². The lowest BCUT2D eigenvalue weighted by Crippen LogP contribution is -2.35. The molecule has 2 heterocycles. The van der Waals surface area contributed by atoms with Crippen LogP contribution in [0.1, 0.15) is 12.1 Å². The molecule has 0 spiro atoms. The van der Waals surface area contributed by atoms with E-state index in [9.17, 15) is 0 Å². The minimum Gasteiger partial charge on any atom is -0.356 e. The number of rotatable bonds is 2. The number of nitrogens with zero attached hydrogens (tertiary/aromatic N) is 2.